The highest BCUT2D eigenvalue weighted by atomic mass is 32.2. The Bertz CT molecular complexity index is 522. The van der Waals surface area contributed by atoms with Gasteiger partial charge < -0.3 is 10.5 Å². The topological polar surface area (TPSA) is 81.4 Å². The number of anilines is 2. The van der Waals surface area contributed by atoms with Crippen molar-refractivity contribution in [2.24, 2.45) is 0 Å². The van der Waals surface area contributed by atoms with E-state index < -0.39 is 10.0 Å². The molecule has 1 aromatic carbocycles. The second-order valence-corrected chi connectivity index (χ2v) is 6.36. The average Bonchev–Trinajstić information content (AvgIpc) is 2.75. The first kappa shape index (κ1) is 13.2. The van der Waals surface area contributed by atoms with Gasteiger partial charge in [-0.2, -0.15) is 0 Å². The third-order valence-corrected chi connectivity index (χ3v) is 4.30. The summed E-state index contributed by atoms with van der Waals surface area (Å²) in [6.45, 7) is 2.49. The molecule has 18 heavy (non-hydrogen) atoms. The normalized spacial score (nSPS) is 19.9. The number of sulfonamides is 1. The molecule has 0 saturated carbocycles. The van der Waals surface area contributed by atoms with Crippen LogP contribution in [-0.4, -0.2) is 26.9 Å². The maximum absolute atomic E-state index is 12.0. The predicted molar refractivity (Wildman–Crippen MR) is 72.0 cm³/mol. The third-order valence-electron chi connectivity index (χ3n) is 2.96. The fraction of sp³-hybridized carbons (Fsp3) is 0.500. The minimum absolute atomic E-state index is 0.00123. The number of ether oxygens (including phenoxy) is 1. The highest BCUT2D eigenvalue weighted by Crippen LogP contribution is 2.21. The molecule has 1 atom stereocenters. The molecule has 1 saturated heterocycles. The Hall–Kier alpha value is -1.27. The van der Waals surface area contributed by atoms with Gasteiger partial charge in [0.05, 0.1) is 17.5 Å². The van der Waals surface area contributed by atoms with Crippen LogP contribution in [0.2, 0.25) is 0 Å². The standard InChI is InChI=1S/C12H18N2O3S/c1-9-4-5-10(13)7-12(9)14-18(15,16)8-11-3-2-6-17-11/h4-5,7,11,14H,2-3,6,8,13H2,1H3. The molecule has 0 aromatic heterocycles. The second-order valence-electron chi connectivity index (χ2n) is 4.59. The smallest absolute Gasteiger partial charge is 0.235 e. The molecule has 1 aliphatic heterocycles. The Labute approximate surface area is 107 Å². The summed E-state index contributed by atoms with van der Waals surface area (Å²) in [6.07, 6.45) is 1.54. The Morgan fingerprint density at radius 1 is 1.50 bits per heavy atom. The van der Waals surface area contributed by atoms with Crippen molar-refractivity contribution >= 4 is 21.4 Å². The van der Waals surface area contributed by atoms with E-state index in [-0.39, 0.29) is 11.9 Å². The number of rotatable bonds is 4. The van der Waals surface area contributed by atoms with Crippen LogP contribution in [0.4, 0.5) is 11.4 Å². The summed E-state index contributed by atoms with van der Waals surface area (Å²) in [7, 11) is -3.39. The predicted octanol–water partition coefficient (Wildman–Crippen LogP) is 1.50. The van der Waals surface area contributed by atoms with E-state index in [2.05, 4.69) is 4.72 Å². The van der Waals surface area contributed by atoms with E-state index in [1.165, 1.54) is 0 Å². The van der Waals surface area contributed by atoms with E-state index in [9.17, 15) is 8.42 Å². The van der Waals surface area contributed by atoms with Crippen LogP contribution in [0, 0.1) is 6.92 Å². The van der Waals surface area contributed by atoms with Crippen molar-refractivity contribution in [3.63, 3.8) is 0 Å². The van der Waals surface area contributed by atoms with Crippen molar-refractivity contribution in [2.45, 2.75) is 25.9 Å². The van der Waals surface area contributed by atoms with E-state index in [0.29, 0.717) is 18.0 Å². The molecule has 0 amide bonds. The van der Waals surface area contributed by atoms with E-state index in [1.54, 1.807) is 18.2 Å². The lowest BCUT2D eigenvalue weighted by atomic mass is 10.2. The SMILES string of the molecule is Cc1ccc(N)cc1NS(=O)(=O)CC1CCCO1. The summed E-state index contributed by atoms with van der Waals surface area (Å²) >= 11 is 0. The molecule has 100 valence electrons. The average molecular weight is 270 g/mol. The minimum atomic E-state index is -3.39. The fourth-order valence-electron chi connectivity index (χ4n) is 1.98. The first-order chi connectivity index (χ1) is 8.46. The molecular weight excluding hydrogens is 252 g/mol. The van der Waals surface area contributed by atoms with Crippen LogP contribution >= 0.6 is 0 Å². The van der Waals surface area contributed by atoms with E-state index >= 15 is 0 Å². The second kappa shape index (κ2) is 5.16. The molecule has 1 aliphatic rings. The number of nitrogen functional groups attached to an aromatic ring is 1. The van der Waals surface area contributed by atoms with Gasteiger partial charge in [0.1, 0.15) is 0 Å². The van der Waals surface area contributed by atoms with Crippen LogP contribution in [0.15, 0.2) is 18.2 Å². The van der Waals surface area contributed by atoms with Gasteiger partial charge in [-0.15, -0.1) is 0 Å². The number of nitrogens with one attached hydrogen (secondary N) is 1. The van der Waals surface area contributed by atoms with Crippen LogP contribution in [0.3, 0.4) is 0 Å². The van der Waals surface area contributed by atoms with Gasteiger partial charge in [0, 0.05) is 12.3 Å². The van der Waals surface area contributed by atoms with E-state index in [0.717, 1.165) is 18.4 Å². The lowest BCUT2D eigenvalue weighted by Gasteiger charge is -2.14. The zero-order valence-electron chi connectivity index (χ0n) is 10.3. The van der Waals surface area contributed by atoms with Gasteiger partial charge in [-0.05, 0) is 37.5 Å². The van der Waals surface area contributed by atoms with Gasteiger partial charge in [-0.3, -0.25) is 4.72 Å². The fourth-order valence-corrected chi connectivity index (χ4v) is 3.37. The number of aryl methyl sites for hydroxylation is 1. The number of hydrogen-bond acceptors (Lipinski definition) is 4. The van der Waals surface area contributed by atoms with Crippen molar-refractivity contribution in [3.05, 3.63) is 23.8 Å². The number of hydrogen-bond donors (Lipinski definition) is 2. The minimum Gasteiger partial charge on any atom is -0.399 e. The molecule has 1 unspecified atom stereocenters. The Balaban J connectivity index is 2.09. The summed E-state index contributed by atoms with van der Waals surface area (Å²) in [4.78, 5) is 0. The van der Waals surface area contributed by atoms with Crippen molar-refractivity contribution in [1.29, 1.82) is 0 Å². The van der Waals surface area contributed by atoms with Crippen LogP contribution in [0.1, 0.15) is 18.4 Å². The Morgan fingerprint density at radius 2 is 2.28 bits per heavy atom. The molecule has 1 fully saturated rings. The van der Waals surface area contributed by atoms with Gasteiger partial charge in [-0.1, -0.05) is 6.07 Å². The van der Waals surface area contributed by atoms with Gasteiger partial charge in [0.25, 0.3) is 0 Å². The third kappa shape index (κ3) is 3.36. The quantitative estimate of drug-likeness (QED) is 0.812. The molecule has 0 spiro atoms. The van der Waals surface area contributed by atoms with Gasteiger partial charge in [-0.25, -0.2) is 8.42 Å². The summed E-state index contributed by atoms with van der Waals surface area (Å²) in [5, 5.41) is 0. The summed E-state index contributed by atoms with van der Waals surface area (Å²) in [5.41, 5.74) is 7.57. The summed E-state index contributed by atoms with van der Waals surface area (Å²) in [6, 6.07) is 5.16. The van der Waals surface area contributed by atoms with Crippen LogP contribution in [0.25, 0.3) is 0 Å². The first-order valence-electron chi connectivity index (χ1n) is 5.94. The Morgan fingerprint density at radius 3 is 2.94 bits per heavy atom. The number of benzene rings is 1. The summed E-state index contributed by atoms with van der Waals surface area (Å²) < 4.78 is 31.9. The van der Waals surface area contributed by atoms with Gasteiger partial charge in [0.15, 0.2) is 0 Å². The molecule has 0 radical (unpaired) electrons. The Kier molecular flexibility index (Phi) is 3.77. The molecule has 0 aliphatic carbocycles. The zero-order valence-corrected chi connectivity index (χ0v) is 11.2. The van der Waals surface area contributed by atoms with Gasteiger partial charge >= 0.3 is 0 Å². The molecule has 0 bridgehead atoms. The molecule has 3 N–H and O–H groups in total. The molecule has 1 heterocycles. The molecular formula is C12H18N2O3S. The first-order valence-corrected chi connectivity index (χ1v) is 7.60. The lowest BCUT2D eigenvalue weighted by molar-refractivity contribution is 0.127. The largest absolute Gasteiger partial charge is 0.399 e. The van der Waals surface area contributed by atoms with Crippen molar-refractivity contribution in [3.8, 4) is 0 Å². The summed E-state index contributed by atoms with van der Waals surface area (Å²) in [5.74, 6) is 0.00123. The van der Waals surface area contributed by atoms with Crippen LogP contribution in [-0.2, 0) is 14.8 Å². The van der Waals surface area contributed by atoms with Gasteiger partial charge in [0.2, 0.25) is 10.0 Å². The highest BCUT2D eigenvalue weighted by molar-refractivity contribution is 7.92. The molecule has 1 aromatic rings. The monoisotopic (exact) mass is 270 g/mol. The molecule has 2 rings (SSSR count). The zero-order chi connectivity index (χ0) is 13.2. The van der Waals surface area contributed by atoms with E-state index in [4.69, 9.17) is 10.5 Å². The maximum atomic E-state index is 12.0. The van der Waals surface area contributed by atoms with Crippen molar-refractivity contribution in [2.75, 3.05) is 22.8 Å². The van der Waals surface area contributed by atoms with Crippen LogP contribution in [0.5, 0.6) is 0 Å². The van der Waals surface area contributed by atoms with Crippen molar-refractivity contribution < 1.29 is 13.2 Å². The van der Waals surface area contributed by atoms with Crippen molar-refractivity contribution in [1.82, 2.24) is 0 Å². The lowest BCUT2D eigenvalue weighted by Crippen LogP contribution is -2.26. The maximum Gasteiger partial charge on any atom is 0.235 e. The van der Waals surface area contributed by atoms with E-state index in [1.807, 2.05) is 6.92 Å². The van der Waals surface area contributed by atoms with Crippen LogP contribution < -0.4 is 10.5 Å². The highest BCUT2D eigenvalue weighted by Gasteiger charge is 2.23. The molecule has 6 heteroatoms. The number of nitrogens with two attached hydrogens (primary N) is 1. The molecule has 5 nitrogen and oxygen atoms in total.